The van der Waals surface area contributed by atoms with Crippen molar-refractivity contribution >= 4 is 28.5 Å². The summed E-state index contributed by atoms with van der Waals surface area (Å²) in [6.45, 7) is 1.77. The second-order valence-electron chi connectivity index (χ2n) is 5.58. The second kappa shape index (κ2) is 6.68. The molecule has 9 heteroatoms. The number of anilines is 1. The van der Waals surface area contributed by atoms with Crippen molar-refractivity contribution in [2.24, 2.45) is 7.05 Å². The number of fused-ring (bicyclic) bond motifs is 1. The summed E-state index contributed by atoms with van der Waals surface area (Å²) in [6.07, 6.45) is 3.58. The Bertz CT molecular complexity index is 1060. The lowest BCUT2D eigenvalue weighted by molar-refractivity contribution is 0.417. The molecule has 8 nitrogen and oxygen atoms in total. The van der Waals surface area contributed by atoms with Gasteiger partial charge in [0.25, 0.3) is 5.89 Å². The van der Waals surface area contributed by atoms with E-state index >= 15 is 0 Å². The van der Waals surface area contributed by atoms with Crippen molar-refractivity contribution in [1.29, 1.82) is 0 Å². The Hall–Kier alpha value is -3.07. The van der Waals surface area contributed by atoms with E-state index in [1.807, 2.05) is 42.2 Å². The number of hydrogen-bond donors (Lipinski definition) is 1. The van der Waals surface area contributed by atoms with Crippen LogP contribution < -0.4 is 9.46 Å². The van der Waals surface area contributed by atoms with Gasteiger partial charge in [0.1, 0.15) is 17.1 Å². The molecule has 0 spiro atoms. The fourth-order valence-electron chi connectivity index (χ4n) is 2.60. The van der Waals surface area contributed by atoms with Crippen LogP contribution in [0.5, 0.6) is 5.75 Å². The lowest BCUT2D eigenvalue weighted by Crippen LogP contribution is -1.98. The molecule has 1 aromatic carbocycles. The van der Waals surface area contributed by atoms with Crippen LogP contribution in [0.25, 0.3) is 22.5 Å². The van der Waals surface area contributed by atoms with E-state index in [9.17, 15) is 0 Å². The van der Waals surface area contributed by atoms with Crippen molar-refractivity contribution in [2.75, 3.05) is 11.8 Å². The van der Waals surface area contributed by atoms with Gasteiger partial charge in [-0.1, -0.05) is 5.16 Å². The first-order chi connectivity index (χ1) is 12.7. The van der Waals surface area contributed by atoms with Crippen LogP contribution in [0.15, 0.2) is 46.1 Å². The van der Waals surface area contributed by atoms with Crippen LogP contribution in [-0.4, -0.2) is 32.0 Å². The molecule has 0 aliphatic heterocycles. The minimum atomic E-state index is 0.410. The molecule has 0 saturated carbocycles. The maximum atomic E-state index is 5.49. The summed E-state index contributed by atoms with van der Waals surface area (Å²) in [7, 11) is 3.55. The third-order valence-corrected chi connectivity index (χ3v) is 4.62. The predicted octanol–water partition coefficient (Wildman–Crippen LogP) is 3.45. The second-order valence-corrected chi connectivity index (χ2v) is 6.46. The van der Waals surface area contributed by atoms with Gasteiger partial charge in [-0.25, -0.2) is 4.98 Å². The Labute approximate surface area is 153 Å². The van der Waals surface area contributed by atoms with Crippen LogP contribution in [0.1, 0.15) is 5.82 Å². The number of methoxy groups -OCH3 is 1. The molecule has 0 fully saturated rings. The van der Waals surface area contributed by atoms with Crippen molar-refractivity contribution in [1.82, 2.24) is 24.9 Å². The highest BCUT2D eigenvalue weighted by Crippen LogP contribution is 2.36. The number of nitrogens with one attached hydrogen (secondary N) is 1. The number of aromatic nitrogens is 5. The monoisotopic (exact) mass is 368 g/mol. The molecule has 3 heterocycles. The molecule has 132 valence electrons. The SMILES string of the molecule is COc1ccc2cnn(C)c2c1NSc1ccc(-c2nc(C)no2)nc1. The molecule has 26 heavy (non-hydrogen) atoms. The topological polar surface area (TPSA) is 90.9 Å². The number of hydrogen-bond acceptors (Lipinski definition) is 8. The highest BCUT2D eigenvalue weighted by Gasteiger charge is 2.13. The molecule has 3 aromatic heterocycles. The van der Waals surface area contributed by atoms with Crippen LogP contribution in [0.3, 0.4) is 0 Å². The van der Waals surface area contributed by atoms with Gasteiger partial charge in [0.05, 0.1) is 18.8 Å². The van der Waals surface area contributed by atoms with E-state index in [1.165, 1.54) is 11.9 Å². The molecule has 4 rings (SSSR count). The lowest BCUT2D eigenvalue weighted by atomic mass is 10.2. The quantitative estimate of drug-likeness (QED) is 0.536. The summed E-state index contributed by atoms with van der Waals surface area (Å²) >= 11 is 1.44. The van der Waals surface area contributed by atoms with Gasteiger partial charge in [-0.15, -0.1) is 0 Å². The minimum Gasteiger partial charge on any atom is -0.494 e. The predicted molar refractivity (Wildman–Crippen MR) is 99.0 cm³/mol. The van der Waals surface area contributed by atoms with E-state index in [0.717, 1.165) is 27.2 Å². The summed E-state index contributed by atoms with van der Waals surface area (Å²) in [5.74, 6) is 1.74. The Morgan fingerprint density at radius 3 is 2.77 bits per heavy atom. The molecular formula is C17H16N6O2S. The lowest BCUT2D eigenvalue weighted by Gasteiger charge is -2.12. The first-order valence-corrected chi connectivity index (χ1v) is 8.65. The van der Waals surface area contributed by atoms with Gasteiger partial charge < -0.3 is 14.0 Å². The maximum absolute atomic E-state index is 5.49. The summed E-state index contributed by atoms with van der Waals surface area (Å²) in [5.41, 5.74) is 2.48. The molecule has 0 atom stereocenters. The van der Waals surface area contributed by atoms with E-state index < -0.39 is 0 Å². The maximum Gasteiger partial charge on any atom is 0.276 e. The molecular weight excluding hydrogens is 352 g/mol. The number of nitrogens with zero attached hydrogens (tertiary/aromatic N) is 5. The van der Waals surface area contributed by atoms with E-state index in [-0.39, 0.29) is 0 Å². The van der Waals surface area contributed by atoms with Crippen LogP contribution in [0, 0.1) is 6.92 Å². The number of ether oxygens (including phenoxy) is 1. The zero-order valence-electron chi connectivity index (χ0n) is 14.4. The standard InChI is InChI=1S/C17H16N6O2S/c1-10-20-17(25-21-10)13-6-5-12(9-18-13)26-22-15-14(24-3)7-4-11-8-19-23(2)16(11)15/h4-9,22H,1-3H3. The van der Waals surface area contributed by atoms with E-state index in [4.69, 9.17) is 9.26 Å². The average Bonchev–Trinajstić information content (AvgIpc) is 3.26. The van der Waals surface area contributed by atoms with Gasteiger partial charge in [0.15, 0.2) is 5.82 Å². The first kappa shape index (κ1) is 16.4. The van der Waals surface area contributed by atoms with Gasteiger partial charge in [-0.2, -0.15) is 10.1 Å². The third-order valence-electron chi connectivity index (χ3n) is 3.84. The van der Waals surface area contributed by atoms with E-state index in [2.05, 4.69) is 24.9 Å². The fraction of sp³-hybridized carbons (Fsp3) is 0.176. The van der Waals surface area contributed by atoms with E-state index in [0.29, 0.717) is 17.4 Å². The Balaban J connectivity index is 1.57. The van der Waals surface area contributed by atoms with Crippen LogP contribution >= 0.6 is 11.9 Å². The van der Waals surface area contributed by atoms with Crippen molar-refractivity contribution in [3.63, 3.8) is 0 Å². The summed E-state index contributed by atoms with van der Waals surface area (Å²) in [6, 6.07) is 7.69. The fourth-order valence-corrected chi connectivity index (χ4v) is 3.25. The summed E-state index contributed by atoms with van der Waals surface area (Å²) in [4.78, 5) is 9.49. The van der Waals surface area contributed by atoms with Crippen molar-refractivity contribution < 1.29 is 9.26 Å². The van der Waals surface area contributed by atoms with E-state index in [1.54, 1.807) is 20.2 Å². The average molecular weight is 368 g/mol. The molecule has 0 aliphatic rings. The minimum absolute atomic E-state index is 0.410. The van der Waals surface area contributed by atoms with Crippen LogP contribution in [-0.2, 0) is 7.05 Å². The Morgan fingerprint density at radius 1 is 1.19 bits per heavy atom. The molecule has 0 bridgehead atoms. The number of aryl methyl sites for hydroxylation is 2. The van der Waals surface area contributed by atoms with Crippen molar-refractivity contribution in [3.05, 3.63) is 42.5 Å². The molecule has 0 amide bonds. The van der Waals surface area contributed by atoms with Crippen molar-refractivity contribution in [2.45, 2.75) is 11.8 Å². The molecule has 0 aliphatic carbocycles. The van der Waals surface area contributed by atoms with Gasteiger partial charge in [-0.05, 0) is 43.1 Å². The highest BCUT2D eigenvalue weighted by atomic mass is 32.2. The summed E-state index contributed by atoms with van der Waals surface area (Å²) < 4.78 is 15.8. The Morgan fingerprint density at radius 2 is 2.08 bits per heavy atom. The normalized spacial score (nSPS) is 11.0. The molecule has 4 aromatic rings. The molecule has 0 radical (unpaired) electrons. The zero-order valence-corrected chi connectivity index (χ0v) is 15.2. The Kier molecular flexibility index (Phi) is 4.21. The van der Waals surface area contributed by atoms with Gasteiger partial charge in [0.2, 0.25) is 0 Å². The highest BCUT2D eigenvalue weighted by molar-refractivity contribution is 8.00. The number of benzene rings is 1. The summed E-state index contributed by atoms with van der Waals surface area (Å²) in [5, 5.41) is 9.13. The number of pyridine rings is 1. The number of rotatable bonds is 5. The van der Waals surface area contributed by atoms with Crippen molar-refractivity contribution in [3.8, 4) is 17.3 Å². The molecule has 0 saturated heterocycles. The van der Waals surface area contributed by atoms with Gasteiger partial charge in [0, 0.05) is 23.5 Å². The van der Waals surface area contributed by atoms with Gasteiger partial charge >= 0.3 is 0 Å². The first-order valence-electron chi connectivity index (χ1n) is 7.84. The largest absolute Gasteiger partial charge is 0.494 e. The zero-order chi connectivity index (χ0) is 18.1. The molecule has 1 N–H and O–H groups in total. The van der Waals surface area contributed by atoms with Crippen LogP contribution in [0.2, 0.25) is 0 Å². The third kappa shape index (κ3) is 2.97. The van der Waals surface area contributed by atoms with Gasteiger partial charge in [-0.3, -0.25) is 4.68 Å². The molecule has 0 unspecified atom stereocenters. The van der Waals surface area contributed by atoms with Crippen LogP contribution in [0.4, 0.5) is 5.69 Å². The smallest absolute Gasteiger partial charge is 0.276 e.